The molecule has 3 N–H and O–H groups in total. The Morgan fingerprint density at radius 1 is 1.24 bits per heavy atom. The van der Waals surface area contributed by atoms with Gasteiger partial charge in [-0.15, -0.1) is 0 Å². The van der Waals surface area contributed by atoms with Crippen LogP contribution in [0.25, 0.3) is 10.8 Å². The lowest BCUT2D eigenvalue weighted by atomic mass is 9.63. The Bertz CT molecular complexity index is 1330. The number of phenols is 1. The Morgan fingerprint density at radius 3 is 2.55 bits per heavy atom. The van der Waals surface area contributed by atoms with Crippen molar-refractivity contribution in [3.63, 3.8) is 0 Å². The molecule has 33 heavy (non-hydrogen) atoms. The van der Waals surface area contributed by atoms with E-state index in [2.05, 4.69) is 10.4 Å². The van der Waals surface area contributed by atoms with E-state index in [1.807, 2.05) is 0 Å². The molecule has 0 saturated carbocycles. The summed E-state index contributed by atoms with van der Waals surface area (Å²) in [4.78, 5) is 12.4. The highest BCUT2D eigenvalue weighted by Crippen LogP contribution is 2.57. The zero-order chi connectivity index (χ0) is 24.5. The number of phenolic OH excluding ortho intramolecular Hbond substituents is 1. The number of aryl methyl sites for hydroxylation is 2. The summed E-state index contributed by atoms with van der Waals surface area (Å²) in [5, 5.41) is 28.8. The largest absolute Gasteiger partial charge is 0.505 e. The molecule has 0 fully saturated rings. The number of halogens is 4. The number of alkyl halides is 3. The van der Waals surface area contributed by atoms with E-state index < -0.39 is 46.8 Å². The van der Waals surface area contributed by atoms with Gasteiger partial charge >= 0.3 is 6.18 Å². The molecule has 1 heterocycles. The topological polar surface area (TPSA) is 87.4 Å². The Kier molecular flexibility index (Phi) is 5.01. The average molecular weight is 465 g/mol. The van der Waals surface area contributed by atoms with Gasteiger partial charge in [-0.05, 0) is 42.0 Å². The number of aliphatic hydroxyl groups is 1. The van der Waals surface area contributed by atoms with Gasteiger partial charge in [-0.1, -0.05) is 26.0 Å². The van der Waals surface area contributed by atoms with Crippen molar-refractivity contribution in [3.05, 3.63) is 63.3 Å². The van der Waals surface area contributed by atoms with Crippen LogP contribution in [-0.2, 0) is 12.5 Å². The molecule has 0 bridgehead atoms. The Labute approximate surface area is 186 Å². The van der Waals surface area contributed by atoms with Crippen LogP contribution in [0.4, 0.5) is 23.2 Å². The molecule has 2 aromatic carbocycles. The smallest absolute Gasteiger partial charge is 0.419 e. The summed E-state index contributed by atoms with van der Waals surface area (Å²) in [6.45, 7) is 4.16. The van der Waals surface area contributed by atoms with Crippen LogP contribution in [0.3, 0.4) is 0 Å². The monoisotopic (exact) mass is 465 g/mol. The minimum Gasteiger partial charge on any atom is -0.505 e. The SMILES string of the molecule is Cc1cc2c(c(O)c1F)C(C)(C)CC(O)(C(F)(F)F)C2Nc1cccc2c(=O)n(C)ncc12. The van der Waals surface area contributed by atoms with E-state index >= 15 is 0 Å². The van der Waals surface area contributed by atoms with Crippen molar-refractivity contribution >= 4 is 16.5 Å². The van der Waals surface area contributed by atoms with Crippen LogP contribution < -0.4 is 10.9 Å². The maximum atomic E-state index is 14.5. The predicted octanol–water partition coefficient (Wildman–Crippen LogP) is 4.21. The molecule has 1 aliphatic rings. The second-order valence-corrected chi connectivity index (χ2v) is 9.22. The highest BCUT2D eigenvalue weighted by atomic mass is 19.4. The fourth-order valence-electron chi connectivity index (χ4n) is 4.87. The van der Waals surface area contributed by atoms with E-state index in [1.165, 1.54) is 58.3 Å². The second kappa shape index (κ2) is 7.18. The molecule has 0 radical (unpaired) electrons. The normalized spacial score (nSPS) is 22.3. The Balaban J connectivity index is 2.01. The van der Waals surface area contributed by atoms with Crippen LogP contribution >= 0.6 is 0 Å². The third-order valence-corrected chi connectivity index (χ3v) is 6.41. The van der Waals surface area contributed by atoms with Crippen LogP contribution in [0.1, 0.15) is 43.0 Å². The van der Waals surface area contributed by atoms with Gasteiger partial charge in [0.05, 0.1) is 17.6 Å². The minimum absolute atomic E-state index is 0.00806. The molecule has 2 atom stereocenters. The van der Waals surface area contributed by atoms with E-state index in [1.54, 1.807) is 0 Å². The van der Waals surface area contributed by atoms with Crippen molar-refractivity contribution in [2.45, 2.75) is 50.4 Å². The van der Waals surface area contributed by atoms with Crippen LogP contribution in [-0.4, -0.2) is 31.8 Å². The van der Waals surface area contributed by atoms with Crippen molar-refractivity contribution in [2.75, 3.05) is 5.32 Å². The first-order valence-electron chi connectivity index (χ1n) is 10.2. The van der Waals surface area contributed by atoms with Crippen molar-refractivity contribution in [3.8, 4) is 5.75 Å². The number of anilines is 1. The summed E-state index contributed by atoms with van der Waals surface area (Å²) in [7, 11) is 1.45. The summed E-state index contributed by atoms with van der Waals surface area (Å²) in [6.07, 6.45) is -4.54. The maximum absolute atomic E-state index is 14.5. The van der Waals surface area contributed by atoms with Crippen LogP contribution in [0.15, 0.2) is 35.3 Å². The first-order valence-corrected chi connectivity index (χ1v) is 10.2. The zero-order valence-corrected chi connectivity index (χ0v) is 18.4. The number of aromatic hydroxyl groups is 1. The van der Waals surface area contributed by atoms with Gasteiger partial charge in [-0.3, -0.25) is 4.79 Å². The lowest BCUT2D eigenvalue weighted by Gasteiger charge is -2.49. The number of hydrogen-bond donors (Lipinski definition) is 3. The fraction of sp³-hybridized carbons (Fsp3) is 0.391. The van der Waals surface area contributed by atoms with Crippen molar-refractivity contribution in [2.24, 2.45) is 7.05 Å². The van der Waals surface area contributed by atoms with Gasteiger partial charge in [0.1, 0.15) is 0 Å². The zero-order valence-electron chi connectivity index (χ0n) is 18.4. The van der Waals surface area contributed by atoms with Gasteiger partial charge in [0.25, 0.3) is 5.56 Å². The highest BCUT2D eigenvalue weighted by molar-refractivity contribution is 5.92. The summed E-state index contributed by atoms with van der Waals surface area (Å²) < 4.78 is 58.6. The van der Waals surface area contributed by atoms with Gasteiger partial charge in [-0.2, -0.15) is 18.3 Å². The second-order valence-electron chi connectivity index (χ2n) is 9.22. The minimum atomic E-state index is -5.06. The van der Waals surface area contributed by atoms with Crippen LogP contribution in [0, 0.1) is 12.7 Å². The number of nitrogens with zero attached hydrogens (tertiary/aromatic N) is 2. The molecule has 0 saturated heterocycles. The fourth-order valence-corrected chi connectivity index (χ4v) is 4.87. The van der Waals surface area contributed by atoms with Crippen LogP contribution in [0.2, 0.25) is 0 Å². The molecule has 3 aromatic rings. The van der Waals surface area contributed by atoms with Gasteiger partial charge in [0, 0.05) is 23.7 Å². The number of nitrogens with one attached hydrogen (secondary N) is 1. The summed E-state index contributed by atoms with van der Waals surface area (Å²) in [5.41, 5.74) is -5.10. The molecule has 1 aliphatic carbocycles. The first-order chi connectivity index (χ1) is 15.2. The summed E-state index contributed by atoms with van der Waals surface area (Å²) >= 11 is 0. The standard InChI is InChI=1S/C23H23F4N3O3/c1-11-8-13-16(18(31)17(11)24)21(2,3)10-22(33,23(25,26)27)19(13)29-15-7-5-6-12-14(15)9-28-30(4)20(12)32/h5-9,19,29,31,33H,10H2,1-4H3. The molecule has 1 aromatic heterocycles. The Morgan fingerprint density at radius 2 is 1.91 bits per heavy atom. The van der Waals surface area contributed by atoms with Gasteiger partial charge in [0.15, 0.2) is 17.2 Å². The number of hydrogen-bond acceptors (Lipinski definition) is 5. The number of rotatable bonds is 2. The molecule has 0 amide bonds. The van der Waals surface area contributed by atoms with E-state index in [4.69, 9.17) is 0 Å². The average Bonchev–Trinajstić information content (AvgIpc) is 2.70. The van der Waals surface area contributed by atoms with E-state index in [0.717, 1.165) is 4.68 Å². The molecule has 0 spiro atoms. The maximum Gasteiger partial charge on any atom is 0.419 e. The lowest BCUT2D eigenvalue weighted by Crippen LogP contribution is -2.58. The first kappa shape index (κ1) is 23.0. The van der Waals surface area contributed by atoms with E-state index in [0.29, 0.717) is 0 Å². The lowest BCUT2D eigenvalue weighted by molar-refractivity contribution is -0.276. The van der Waals surface area contributed by atoms with Gasteiger partial charge in [0.2, 0.25) is 0 Å². The summed E-state index contributed by atoms with van der Waals surface area (Å²) in [6, 6.07) is 3.90. The van der Waals surface area contributed by atoms with E-state index in [-0.39, 0.29) is 33.2 Å². The molecular weight excluding hydrogens is 442 g/mol. The number of fused-ring (bicyclic) bond motifs is 2. The quantitative estimate of drug-likeness (QED) is 0.494. The number of benzene rings is 2. The van der Waals surface area contributed by atoms with Crippen molar-refractivity contribution < 1.29 is 27.8 Å². The molecule has 10 heteroatoms. The third kappa shape index (κ3) is 3.35. The molecule has 2 unspecified atom stereocenters. The predicted molar refractivity (Wildman–Crippen MR) is 115 cm³/mol. The Hall–Kier alpha value is -3.14. The van der Waals surface area contributed by atoms with Crippen molar-refractivity contribution in [1.82, 2.24) is 9.78 Å². The molecule has 6 nitrogen and oxygen atoms in total. The molecule has 4 rings (SSSR count). The molecule has 176 valence electrons. The summed E-state index contributed by atoms with van der Waals surface area (Å²) in [5.74, 6) is -1.66. The molecular formula is C23H23F4N3O3. The highest BCUT2D eigenvalue weighted by Gasteiger charge is 2.64. The van der Waals surface area contributed by atoms with Crippen molar-refractivity contribution in [1.29, 1.82) is 0 Å². The third-order valence-electron chi connectivity index (χ3n) is 6.41. The van der Waals surface area contributed by atoms with Gasteiger partial charge < -0.3 is 15.5 Å². The van der Waals surface area contributed by atoms with Gasteiger partial charge in [-0.25, -0.2) is 9.07 Å². The molecule has 0 aliphatic heterocycles. The number of aromatic nitrogens is 2. The van der Waals surface area contributed by atoms with Crippen LogP contribution in [0.5, 0.6) is 5.75 Å². The van der Waals surface area contributed by atoms with E-state index in [9.17, 15) is 32.6 Å².